The van der Waals surface area contributed by atoms with Crippen LogP contribution in [0.5, 0.6) is 0 Å². The van der Waals surface area contributed by atoms with E-state index in [0.29, 0.717) is 11.1 Å². The maximum Gasteiger partial charge on any atom is 0.416 e. The summed E-state index contributed by atoms with van der Waals surface area (Å²) >= 11 is 0. The zero-order valence-corrected chi connectivity index (χ0v) is 9.84. The summed E-state index contributed by atoms with van der Waals surface area (Å²) in [5.41, 5.74) is 0.107. The van der Waals surface area contributed by atoms with Crippen molar-refractivity contribution in [3.8, 4) is 0 Å². The molecule has 0 saturated carbocycles. The Balaban J connectivity index is 2.40. The summed E-state index contributed by atoms with van der Waals surface area (Å²) in [4.78, 5) is 11.0. The molecule has 0 bridgehead atoms. The largest absolute Gasteiger partial charge is 0.439 e. The molecule has 2 unspecified atom stereocenters. The minimum Gasteiger partial charge on any atom is -0.439 e. The first-order valence-electron chi connectivity index (χ1n) is 5.43. The number of carbonyl (C=O) groups excluding carboxylic acids is 1. The maximum atomic E-state index is 12.7. The number of alkyl carbamates (subject to hydrolysis) is 1. The van der Waals surface area contributed by atoms with Crippen molar-refractivity contribution in [1.82, 2.24) is 5.32 Å². The fourth-order valence-electron chi connectivity index (χ4n) is 2.01. The number of ether oxygens (including phenoxy) is 1. The van der Waals surface area contributed by atoms with E-state index < -0.39 is 23.9 Å². The Kier molecular flexibility index (Phi) is 2.96. The third kappa shape index (κ3) is 2.42. The molecule has 1 aliphatic rings. The Hall–Kier alpha value is -1.72. The Labute approximate surface area is 102 Å². The molecule has 3 nitrogen and oxygen atoms in total. The molecule has 6 heteroatoms. The Morgan fingerprint density at radius 3 is 2.44 bits per heavy atom. The zero-order valence-electron chi connectivity index (χ0n) is 9.84. The van der Waals surface area contributed by atoms with Crippen LogP contribution in [0.15, 0.2) is 18.2 Å². The van der Waals surface area contributed by atoms with E-state index in [9.17, 15) is 18.0 Å². The highest BCUT2D eigenvalue weighted by atomic mass is 19.4. The summed E-state index contributed by atoms with van der Waals surface area (Å²) in [6, 6.07) is 3.34. The molecule has 1 aromatic carbocycles. The molecule has 1 amide bonds. The molecule has 2 atom stereocenters. The molecule has 1 heterocycles. The summed E-state index contributed by atoms with van der Waals surface area (Å²) in [6.07, 6.45) is -5.69. The van der Waals surface area contributed by atoms with E-state index in [0.717, 1.165) is 12.1 Å². The second-order valence-electron chi connectivity index (χ2n) is 4.39. The van der Waals surface area contributed by atoms with Gasteiger partial charge in [-0.25, -0.2) is 4.79 Å². The molecule has 0 radical (unpaired) electrons. The lowest BCUT2D eigenvalue weighted by atomic mass is 9.99. The molecule has 0 aromatic heterocycles. The first kappa shape index (κ1) is 12.7. The predicted molar refractivity (Wildman–Crippen MR) is 58.0 cm³/mol. The standard InChI is InChI=1S/C12H12F3NO2/c1-6-3-8(5-9(4-6)12(13,14)15)10-7(2)16-11(17)18-10/h3-5,7,10H,1-2H3,(H,16,17). The van der Waals surface area contributed by atoms with Crippen LogP contribution >= 0.6 is 0 Å². The van der Waals surface area contributed by atoms with Gasteiger partial charge in [-0.3, -0.25) is 0 Å². The van der Waals surface area contributed by atoms with Gasteiger partial charge in [0.15, 0.2) is 0 Å². The SMILES string of the molecule is Cc1cc(C2OC(=O)NC2C)cc(C(F)(F)F)c1. The second kappa shape index (κ2) is 4.19. The molecular weight excluding hydrogens is 247 g/mol. The Bertz CT molecular complexity index is 485. The number of rotatable bonds is 1. The van der Waals surface area contributed by atoms with E-state index in [1.807, 2.05) is 0 Å². The van der Waals surface area contributed by atoms with Gasteiger partial charge in [0.25, 0.3) is 0 Å². The van der Waals surface area contributed by atoms with Gasteiger partial charge in [0.2, 0.25) is 0 Å². The average Bonchev–Trinajstić information content (AvgIpc) is 2.55. The molecule has 98 valence electrons. The lowest BCUT2D eigenvalue weighted by Crippen LogP contribution is -2.24. The van der Waals surface area contributed by atoms with Crippen LogP contribution in [0.3, 0.4) is 0 Å². The number of halogens is 3. The van der Waals surface area contributed by atoms with Crippen LogP contribution in [0.1, 0.15) is 29.7 Å². The van der Waals surface area contributed by atoms with Crippen molar-refractivity contribution in [2.75, 3.05) is 0 Å². The lowest BCUT2D eigenvalue weighted by molar-refractivity contribution is -0.137. The van der Waals surface area contributed by atoms with Crippen molar-refractivity contribution in [3.05, 3.63) is 34.9 Å². The summed E-state index contributed by atoms with van der Waals surface area (Å²) in [5.74, 6) is 0. The summed E-state index contributed by atoms with van der Waals surface area (Å²) in [7, 11) is 0. The number of alkyl halides is 3. The quantitative estimate of drug-likeness (QED) is 0.841. The molecule has 1 fully saturated rings. The van der Waals surface area contributed by atoms with Gasteiger partial charge in [-0.1, -0.05) is 11.6 Å². The van der Waals surface area contributed by atoms with Gasteiger partial charge >= 0.3 is 12.3 Å². The van der Waals surface area contributed by atoms with Crippen LogP contribution in [-0.4, -0.2) is 12.1 Å². The number of hydrogen-bond donors (Lipinski definition) is 1. The molecule has 18 heavy (non-hydrogen) atoms. The number of aryl methyl sites for hydroxylation is 1. The fraction of sp³-hybridized carbons (Fsp3) is 0.417. The topological polar surface area (TPSA) is 38.3 Å². The number of hydrogen-bond acceptors (Lipinski definition) is 2. The van der Waals surface area contributed by atoms with E-state index in [-0.39, 0.29) is 6.04 Å². The average molecular weight is 259 g/mol. The number of carbonyl (C=O) groups is 1. The number of cyclic esters (lactones) is 1. The highest BCUT2D eigenvalue weighted by Gasteiger charge is 2.35. The first-order valence-corrected chi connectivity index (χ1v) is 5.43. The molecular formula is C12H12F3NO2. The zero-order chi connectivity index (χ0) is 13.5. The van der Waals surface area contributed by atoms with Gasteiger partial charge < -0.3 is 10.1 Å². The van der Waals surface area contributed by atoms with Gasteiger partial charge in [0.1, 0.15) is 6.10 Å². The molecule has 1 aromatic rings. The van der Waals surface area contributed by atoms with Crippen molar-refractivity contribution in [1.29, 1.82) is 0 Å². The van der Waals surface area contributed by atoms with E-state index >= 15 is 0 Å². The highest BCUT2D eigenvalue weighted by Crippen LogP contribution is 2.34. The van der Waals surface area contributed by atoms with E-state index in [4.69, 9.17) is 4.74 Å². The van der Waals surface area contributed by atoms with Gasteiger partial charge in [-0.15, -0.1) is 0 Å². The lowest BCUT2D eigenvalue weighted by Gasteiger charge is -2.16. The third-order valence-electron chi connectivity index (χ3n) is 2.79. The fourth-order valence-corrected chi connectivity index (χ4v) is 2.01. The van der Waals surface area contributed by atoms with Crippen LogP contribution in [0.4, 0.5) is 18.0 Å². The van der Waals surface area contributed by atoms with Crippen molar-refractivity contribution >= 4 is 6.09 Å². The van der Waals surface area contributed by atoms with Crippen LogP contribution in [0.2, 0.25) is 0 Å². The molecule has 0 aliphatic carbocycles. The molecule has 0 spiro atoms. The number of benzene rings is 1. The third-order valence-corrected chi connectivity index (χ3v) is 2.79. The monoisotopic (exact) mass is 259 g/mol. The van der Waals surface area contributed by atoms with Crippen molar-refractivity contribution < 1.29 is 22.7 Å². The van der Waals surface area contributed by atoms with Gasteiger partial charge in [0.05, 0.1) is 11.6 Å². The smallest absolute Gasteiger partial charge is 0.416 e. The van der Waals surface area contributed by atoms with Gasteiger partial charge in [0, 0.05) is 0 Å². The number of nitrogens with one attached hydrogen (secondary N) is 1. The second-order valence-corrected chi connectivity index (χ2v) is 4.39. The van der Waals surface area contributed by atoms with Gasteiger partial charge in [-0.2, -0.15) is 13.2 Å². The van der Waals surface area contributed by atoms with Crippen LogP contribution < -0.4 is 5.32 Å². The molecule has 1 N–H and O–H groups in total. The van der Waals surface area contributed by atoms with Crippen molar-refractivity contribution in [2.45, 2.75) is 32.2 Å². The van der Waals surface area contributed by atoms with Crippen molar-refractivity contribution in [2.24, 2.45) is 0 Å². The first-order chi connectivity index (χ1) is 8.27. The summed E-state index contributed by atoms with van der Waals surface area (Å²) in [6.45, 7) is 3.26. The Morgan fingerprint density at radius 1 is 1.28 bits per heavy atom. The minimum absolute atomic E-state index is 0.347. The van der Waals surface area contributed by atoms with Crippen LogP contribution in [-0.2, 0) is 10.9 Å². The maximum absolute atomic E-state index is 12.7. The normalized spacial score (nSPS) is 23.7. The highest BCUT2D eigenvalue weighted by molar-refractivity contribution is 5.70. The molecule has 2 rings (SSSR count). The summed E-state index contributed by atoms with van der Waals surface area (Å²) < 4.78 is 43.0. The predicted octanol–water partition coefficient (Wildman–Crippen LogP) is 3.18. The van der Waals surface area contributed by atoms with E-state index in [2.05, 4.69) is 5.32 Å². The van der Waals surface area contributed by atoms with Crippen molar-refractivity contribution in [3.63, 3.8) is 0 Å². The Morgan fingerprint density at radius 2 is 1.94 bits per heavy atom. The van der Waals surface area contributed by atoms with Gasteiger partial charge in [-0.05, 0) is 31.5 Å². The summed E-state index contributed by atoms with van der Waals surface area (Å²) in [5, 5.41) is 2.50. The van der Waals surface area contributed by atoms with E-state index in [1.165, 1.54) is 0 Å². The molecule has 1 saturated heterocycles. The van der Waals surface area contributed by atoms with Crippen LogP contribution in [0, 0.1) is 6.92 Å². The van der Waals surface area contributed by atoms with E-state index in [1.54, 1.807) is 19.9 Å². The van der Waals surface area contributed by atoms with Crippen LogP contribution in [0.25, 0.3) is 0 Å². The number of amides is 1. The minimum atomic E-state index is -4.40. The molecule has 1 aliphatic heterocycles.